The number of aliphatic carboxylic acids is 1. The summed E-state index contributed by atoms with van der Waals surface area (Å²) in [4.78, 5) is 30.5. The van der Waals surface area contributed by atoms with E-state index in [1.165, 1.54) is 6.20 Å². The number of benzene rings is 1. The van der Waals surface area contributed by atoms with Crippen molar-refractivity contribution in [2.24, 2.45) is 0 Å². The topological polar surface area (TPSA) is 122 Å². The largest absolute Gasteiger partial charge is 0.505 e. The van der Waals surface area contributed by atoms with Gasteiger partial charge in [0.1, 0.15) is 12.3 Å². The van der Waals surface area contributed by atoms with Gasteiger partial charge in [-0.3, -0.25) is 9.59 Å². The zero-order valence-corrected chi connectivity index (χ0v) is 12.8. The van der Waals surface area contributed by atoms with E-state index in [1.54, 1.807) is 24.3 Å². The molecule has 3 rings (SSSR count). The molecule has 8 nitrogen and oxygen atoms in total. The summed E-state index contributed by atoms with van der Waals surface area (Å²) in [5.41, 5.74) is 0.0630. The molecule has 0 fully saturated rings. The maximum Gasteiger partial charge on any atom is 0.322 e. The van der Waals surface area contributed by atoms with Crippen LogP contribution in [0.5, 0.6) is 17.4 Å². The quantitative estimate of drug-likeness (QED) is 0.649. The SMILES string of the molecule is O=C(O)CNC(=O)c1ncc2nc(Oc3ccccc3)ccc2c1O. The minimum Gasteiger partial charge on any atom is -0.505 e. The number of amides is 1. The third-order valence-corrected chi connectivity index (χ3v) is 3.28. The van der Waals surface area contributed by atoms with Crippen LogP contribution >= 0.6 is 0 Å². The Balaban J connectivity index is 1.88. The Morgan fingerprint density at radius 1 is 1.12 bits per heavy atom. The van der Waals surface area contributed by atoms with E-state index in [2.05, 4.69) is 15.3 Å². The molecule has 0 saturated carbocycles. The molecule has 0 saturated heterocycles. The predicted octanol–water partition coefficient (Wildman–Crippen LogP) is 1.94. The summed E-state index contributed by atoms with van der Waals surface area (Å²) in [5, 5.41) is 21.2. The molecule has 3 aromatic rings. The maximum atomic E-state index is 11.9. The van der Waals surface area contributed by atoms with Crippen LogP contribution in [0.2, 0.25) is 0 Å². The number of carbonyl (C=O) groups excluding carboxylic acids is 1. The van der Waals surface area contributed by atoms with Crippen molar-refractivity contribution in [1.29, 1.82) is 0 Å². The predicted molar refractivity (Wildman–Crippen MR) is 87.7 cm³/mol. The molecule has 2 heterocycles. The van der Waals surface area contributed by atoms with E-state index >= 15 is 0 Å². The molecule has 0 spiro atoms. The minimum atomic E-state index is -1.20. The van der Waals surface area contributed by atoms with Gasteiger partial charge < -0.3 is 20.3 Å². The van der Waals surface area contributed by atoms with Gasteiger partial charge in [-0.1, -0.05) is 18.2 Å². The van der Waals surface area contributed by atoms with Crippen LogP contribution in [0, 0.1) is 0 Å². The van der Waals surface area contributed by atoms with Gasteiger partial charge >= 0.3 is 5.97 Å². The Kier molecular flexibility index (Phi) is 4.42. The molecule has 25 heavy (non-hydrogen) atoms. The van der Waals surface area contributed by atoms with Gasteiger partial charge in [0.25, 0.3) is 5.91 Å². The number of fused-ring (bicyclic) bond motifs is 1. The molecule has 126 valence electrons. The summed E-state index contributed by atoms with van der Waals surface area (Å²) in [6.07, 6.45) is 1.31. The molecule has 0 atom stereocenters. The van der Waals surface area contributed by atoms with Gasteiger partial charge in [-0.15, -0.1) is 0 Å². The van der Waals surface area contributed by atoms with Crippen molar-refractivity contribution in [1.82, 2.24) is 15.3 Å². The zero-order valence-electron chi connectivity index (χ0n) is 12.8. The van der Waals surface area contributed by atoms with E-state index in [0.29, 0.717) is 22.5 Å². The van der Waals surface area contributed by atoms with Crippen molar-refractivity contribution in [3.05, 3.63) is 54.4 Å². The number of hydrogen-bond donors (Lipinski definition) is 3. The van der Waals surface area contributed by atoms with Crippen LogP contribution in [-0.4, -0.2) is 38.6 Å². The zero-order chi connectivity index (χ0) is 17.8. The molecule has 2 aromatic heterocycles. The third kappa shape index (κ3) is 3.63. The molecule has 0 aliphatic heterocycles. The number of nitrogens with one attached hydrogen (secondary N) is 1. The molecule has 1 amide bonds. The van der Waals surface area contributed by atoms with E-state index in [9.17, 15) is 14.7 Å². The molecule has 1 aromatic carbocycles. The first kappa shape index (κ1) is 16.2. The lowest BCUT2D eigenvalue weighted by Crippen LogP contribution is -2.29. The standard InChI is InChI=1S/C17H13N3O5/c21-14(22)9-19-17(24)15-16(23)11-6-7-13(20-12(11)8-18-15)25-10-4-2-1-3-5-10/h1-8,23H,9H2,(H,19,24)(H,21,22). The van der Waals surface area contributed by atoms with Gasteiger partial charge in [0.05, 0.1) is 11.7 Å². The van der Waals surface area contributed by atoms with E-state index < -0.39 is 18.4 Å². The van der Waals surface area contributed by atoms with Crippen molar-refractivity contribution in [3.8, 4) is 17.4 Å². The van der Waals surface area contributed by atoms with Gasteiger partial charge in [-0.2, -0.15) is 0 Å². The molecule has 0 aliphatic rings. The first-order chi connectivity index (χ1) is 12.0. The normalized spacial score (nSPS) is 10.4. The molecule has 3 N–H and O–H groups in total. The fraction of sp³-hybridized carbons (Fsp3) is 0.0588. The van der Waals surface area contributed by atoms with Crippen molar-refractivity contribution in [3.63, 3.8) is 0 Å². The number of pyridine rings is 2. The van der Waals surface area contributed by atoms with E-state index in [4.69, 9.17) is 9.84 Å². The summed E-state index contributed by atoms with van der Waals surface area (Å²) in [5.74, 6) is -1.44. The Labute approximate surface area is 141 Å². The van der Waals surface area contributed by atoms with Gasteiger partial charge in [-0.05, 0) is 18.2 Å². The fourth-order valence-corrected chi connectivity index (χ4v) is 2.14. The molecule has 0 bridgehead atoms. The van der Waals surface area contributed by atoms with Crippen molar-refractivity contribution in [2.45, 2.75) is 0 Å². The maximum absolute atomic E-state index is 11.9. The average Bonchev–Trinajstić information content (AvgIpc) is 2.61. The Morgan fingerprint density at radius 2 is 1.88 bits per heavy atom. The molecule has 0 aliphatic carbocycles. The van der Waals surface area contributed by atoms with Crippen LogP contribution in [0.25, 0.3) is 10.9 Å². The lowest BCUT2D eigenvalue weighted by atomic mass is 10.2. The van der Waals surface area contributed by atoms with E-state index in [1.807, 2.05) is 18.2 Å². The number of aromatic hydroxyl groups is 1. The Bertz CT molecular complexity index is 944. The Hall–Kier alpha value is -3.68. The number of para-hydroxylation sites is 1. The van der Waals surface area contributed by atoms with Gasteiger partial charge in [-0.25, -0.2) is 9.97 Å². The molecule has 0 unspecified atom stereocenters. The van der Waals surface area contributed by atoms with E-state index in [-0.39, 0.29) is 11.4 Å². The van der Waals surface area contributed by atoms with Gasteiger partial charge in [0.2, 0.25) is 5.88 Å². The van der Waals surface area contributed by atoms with Crippen LogP contribution < -0.4 is 10.1 Å². The second-order valence-corrected chi connectivity index (χ2v) is 5.03. The smallest absolute Gasteiger partial charge is 0.322 e. The van der Waals surface area contributed by atoms with Gasteiger partial charge in [0.15, 0.2) is 11.4 Å². The van der Waals surface area contributed by atoms with Gasteiger partial charge in [0, 0.05) is 11.5 Å². The van der Waals surface area contributed by atoms with Crippen LogP contribution in [0.4, 0.5) is 0 Å². The van der Waals surface area contributed by atoms with Crippen molar-refractivity contribution in [2.75, 3.05) is 6.54 Å². The summed E-state index contributed by atoms with van der Waals surface area (Å²) in [6.45, 7) is -0.569. The summed E-state index contributed by atoms with van der Waals surface area (Å²) in [6, 6.07) is 12.2. The van der Waals surface area contributed by atoms with Crippen LogP contribution in [-0.2, 0) is 4.79 Å². The van der Waals surface area contributed by atoms with Crippen molar-refractivity contribution < 1.29 is 24.5 Å². The molecular formula is C17H13N3O5. The lowest BCUT2D eigenvalue weighted by Gasteiger charge is -2.08. The number of ether oxygens (including phenoxy) is 1. The second-order valence-electron chi connectivity index (χ2n) is 5.03. The number of hydrogen-bond acceptors (Lipinski definition) is 6. The number of carboxylic acids is 1. The van der Waals surface area contributed by atoms with E-state index in [0.717, 1.165) is 0 Å². The number of rotatable bonds is 5. The first-order valence-corrected chi connectivity index (χ1v) is 7.26. The minimum absolute atomic E-state index is 0.271. The lowest BCUT2D eigenvalue weighted by molar-refractivity contribution is -0.135. The second kappa shape index (κ2) is 6.83. The van der Waals surface area contributed by atoms with Crippen LogP contribution in [0.3, 0.4) is 0 Å². The number of aromatic nitrogens is 2. The van der Waals surface area contributed by atoms with Crippen molar-refractivity contribution >= 4 is 22.8 Å². The highest BCUT2D eigenvalue weighted by molar-refractivity contribution is 6.01. The summed E-state index contributed by atoms with van der Waals surface area (Å²) in [7, 11) is 0. The average molecular weight is 339 g/mol. The molecule has 8 heteroatoms. The number of nitrogens with zero attached hydrogens (tertiary/aromatic N) is 2. The monoisotopic (exact) mass is 339 g/mol. The van der Waals surface area contributed by atoms with Crippen LogP contribution in [0.15, 0.2) is 48.7 Å². The fourth-order valence-electron chi connectivity index (χ4n) is 2.14. The summed E-state index contributed by atoms with van der Waals surface area (Å²) < 4.78 is 5.60. The highest BCUT2D eigenvalue weighted by Crippen LogP contribution is 2.28. The summed E-state index contributed by atoms with van der Waals surface area (Å²) >= 11 is 0. The third-order valence-electron chi connectivity index (χ3n) is 3.28. The molecule has 0 radical (unpaired) electrons. The van der Waals surface area contributed by atoms with Crippen LogP contribution in [0.1, 0.15) is 10.5 Å². The Morgan fingerprint density at radius 3 is 2.60 bits per heavy atom. The first-order valence-electron chi connectivity index (χ1n) is 7.26. The highest BCUT2D eigenvalue weighted by Gasteiger charge is 2.17. The number of carboxylic acid groups (broad SMARTS) is 1. The molecular weight excluding hydrogens is 326 g/mol. The number of carbonyl (C=O) groups is 2. The highest BCUT2D eigenvalue weighted by atomic mass is 16.5.